The molecule has 4 nitrogen and oxygen atoms in total. The zero-order chi connectivity index (χ0) is 19.7. The lowest BCUT2D eigenvalue weighted by Gasteiger charge is -2.13. The van der Waals surface area contributed by atoms with E-state index in [4.69, 9.17) is 9.47 Å². The van der Waals surface area contributed by atoms with E-state index in [1.54, 1.807) is 43.2 Å². The van der Waals surface area contributed by atoms with E-state index in [0.717, 1.165) is 16.8 Å². The molecule has 4 aromatic rings. The maximum absolute atomic E-state index is 14.4. The molecular weight excluding hydrogens is 362 g/mol. The Morgan fingerprint density at radius 2 is 1.71 bits per heavy atom. The van der Waals surface area contributed by atoms with Crippen molar-refractivity contribution < 1.29 is 18.3 Å². The van der Waals surface area contributed by atoms with Crippen LogP contribution in [0.5, 0.6) is 11.5 Å². The monoisotopic (exact) mass is 380 g/mol. The smallest absolute Gasteiger partial charge is 0.151 e. The molecule has 0 N–H and O–H groups in total. The third kappa shape index (κ3) is 3.17. The Bertz CT molecular complexity index is 1140. The lowest BCUT2D eigenvalue weighted by atomic mass is 10.1. The fourth-order valence-electron chi connectivity index (χ4n) is 3.27. The summed E-state index contributed by atoms with van der Waals surface area (Å²) in [5, 5.41) is 5.16. The maximum atomic E-state index is 14.4. The van der Waals surface area contributed by atoms with Crippen LogP contribution in [0.15, 0.2) is 60.7 Å². The van der Waals surface area contributed by atoms with E-state index < -0.39 is 5.82 Å². The number of rotatable bonds is 5. The van der Waals surface area contributed by atoms with Crippen LogP contribution < -0.4 is 9.47 Å². The Labute approximate surface area is 160 Å². The number of methoxy groups -OCH3 is 2. The van der Waals surface area contributed by atoms with E-state index in [1.165, 1.54) is 18.2 Å². The molecule has 0 saturated heterocycles. The Balaban J connectivity index is 1.93. The normalized spacial score (nSPS) is 11.0. The number of hydrogen-bond donors (Lipinski definition) is 0. The van der Waals surface area contributed by atoms with Gasteiger partial charge in [-0.05, 0) is 35.9 Å². The highest BCUT2D eigenvalue weighted by Crippen LogP contribution is 2.38. The molecule has 6 heteroatoms. The maximum Gasteiger partial charge on any atom is 0.151 e. The quantitative estimate of drug-likeness (QED) is 0.486. The first-order valence-corrected chi connectivity index (χ1v) is 8.72. The van der Waals surface area contributed by atoms with Crippen molar-refractivity contribution in [2.45, 2.75) is 6.54 Å². The molecule has 28 heavy (non-hydrogen) atoms. The molecule has 0 unspecified atom stereocenters. The van der Waals surface area contributed by atoms with Crippen LogP contribution in [0.1, 0.15) is 5.56 Å². The standard InChI is InChI=1S/C22H18F2N2O2/c1-27-16-10-11-17(20(12-16)28-2)22-18-4-3-5-19(24)21(18)25-26(22)13-14-6-8-15(23)9-7-14/h3-12H,13H2,1-2H3. The van der Waals surface area contributed by atoms with Gasteiger partial charge in [-0.3, -0.25) is 4.68 Å². The predicted molar refractivity (Wildman–Crippen MR) is 104 cm³/mol. The summed E-state index contributed by atoms with van der Waals surface area (Å²) in [6, 6.07) is 16.5. The van der Waals surface area contributed by atoms with Gasteiger partial charge in [-0.25, -0.2) is 8.78 Å². The zero-order valence-electron chi connectivity index (χ0n) is 15.4. The molecular formula is C22H18F2N2O2. The molecule has 0 aliphatic heterocycles. The second kappa shape index (κ2) is 7.31. The van der Waals surface area contributed by atoms with Crippen LogP contribution in [0.2, 0.25) is 0 Å². The SMILES string of the molecule is COc1ccc(-c2c3cccc(F)c3nn2Cc2ccc(F)cc2)c(OC)c1. The highest BCUT2D eigenvalue weighted by molar-refractivity contribution is 5.95. The van der Waals surface area contributed by atoms with E-state index in [1.807, 2.05) is 18.2 Å². The molecule has 0 atom stereocenters. The molecule has 1 heterocycles. The van der Waals surface area contributed by atoms with Gasteiger partial charge in [0.05, 0.1) is 26.5 Å². The summed E-state index contributed by atoms with van der Waals surface area (Å²) in [7, 11) is 3.15. The van der Waals surface area contributed by atoms with E-state index in [2.05, 4.69) is 5.10 Å². The molecule has 0 fully saturated rings. The molecule has 1 aromatic heterocycles. The van der Waals surface area contributed by atoms with Gasteiger partial charge in [-0.15, -0.1) is 0 Å². The number of ether oxygens (including phenoxy) is 2. The Hall–Kier alpha value is -3.41. The van der Waals surface area contributed by atoms with Crippen molar-refractivity contribution >= 4 is 10.9 Å². The first-order chi connectivity index (χ1) is 13.6. The first-order valence-electron chi connectivity index (χ1n) is 8.72. The van der Waals surface area contributed by atoms with Crippen LogP contribution in [0.3, 0.4) is 0 Å². The van der Waals surface area contributed by atoms with Crippen molar-refractivity contribution in [1.82, 2.24) is 9.78 Å². The Morgan fingerprint density at radius 3 is 2.43 bits per heavy atom. The van der Waals surface area contributed by atoms with Crippen LogP contribution >= 0.6 is 0 Å². The summed E-state index contributed by atoms with van der Waals surface area (Å²) in [4.78, 5) is 0. The summed E-state index contributed by atoms with van der Waals surface area (Å²) in [5.74, 6) is 0.535. The second-order valence-electron chi connectivity index (χ2n) is 6.33. The molecule has 142 valence electrons. The van der Waals surface area contributed by atoms with Gasteiger partial charge >= 0.3 is 0 Å². The van der Waals surface area contributed by atoms with Crippen molar-refractivity contribution in [1.29, 1.82) is 0 Å². The molecule has 0 aliphatic rings. The van der Waals surface area contributed by atoms with Crippen molar-refractivity contribution in [3.63, 3.8) is 0 Å². The average molecular weight is 380 g/mol. The van der Waals surface area contributed by atoms with Crippen LogP contribution in [-0.4, -0.2) is 24.0 Å². The topological polar surface area (TPSA) is 36.3 Å². The number of aromatic nitrogens is 2. The highest BCUT2D eigenvalue weighted by atomic mass is 19.1. The molecule has 4 rings (SSSR count). The van der Waals surface area contributed by atoms with E-state index in [0.29, 0.717) is 23.4 Å². The van der Waals surface area contributed by atoms with Gasteiger partial charge in [-0.1, -0.05) is 24.3 Å². The van der Waals surface area contributed by atoms with Gasteiger partial charge in [0.25, 0.3) is 0 Å². The largest absolute Gasteiger partial charge is 0.497 e. The first kappa shape index (κ1) is 18.0. The Kier molecular flexibility index (Phi) is 4.69. The van der Waals surface area contributed by atoms with Gasteiger partial charge in [0.2, 0.25) is 0 Å². The number of hydrogen-bond acceptors (Lipinski definition) is 3. The summed E-state index contributed by atoms with van der Waals surface area (Å²) in [6.07, 6.45) is 0. The predicted octanol–water partition coefficient (Wildman–Crippen LogP) is 5.05. The number of nitrogens with zero attached hydrogens (tertiary/aromatic N) is 2. The fourth-order valence-corrected chi connectivity index (χ4v) is 3.27. The van der Waals surface area contributed by atoms with Gasteiger partial charge in [0.15, 0.2) is 5.82 Å². The summed E-state index contributed by atoms with van der Waals surface area (Å²) < 4.78 is 40.2. The van der Waals surface area contributed by atoms with Crippen molar-refractivity contribution in [2.24, 2.45) is 0 Å². The average Bonchev–Trinajstić information content (AvgIpc) is 3.08. The third-order valence-electron chi connectivity index (χ3n) is 4.63. The van der Waals surface area contributed by atoms with E-state index >= 15 is 0 Å². The van der Waals surface area contributed by atoms with Crippen LogP contribution in [0.4, 0.5) is 8.78 Å². The third-order valence-corrected chi connectivity index (χ3v) is 4.63. The van der Waals surface area contributed by atoms with Gasteiger partial charge in [0.1, 0.15) is 22.8 Å². The fraction of sp³-hybridized carbons (Fsp3) is 0.136. The van der Waals surface area contributed by atoms with E-state index in [9.17, 15) is 8.78 Å². The van der Waals surface area contributed by atoms with Crippen molar-refractivity contribution in [3.05, 3.63) is 77.9 Å². The minimum absolute atomic E-state index is 0.275. The molecule has 0 amide bonds. The molecule has 0 radical (unpaired) electrons. The minimum Gasteiger partial charge on any atom is -0.497 e. The van der Waals surface area contributed by atoms with Crippen molar-refractivity contribution in [3.8, 4) is 22.8 Å². The highest BCUT2D eigenvalue weighted by Gasteiger charge is 2.19. The summed E-state index contributed by atoms with van der Waals surface area (Å²) in [6.45, 7) is 0.360. The molecule has 0 spiro atoms. The Morgan fingerprint density at radius 1 is 0.929 bits per heavy atom. The number of benzene rings is 3. The minimum atomic E-state index is -0.399. The molecule has 0 aliphatic carbocycles. The lowest BCUT2D eigenvalue weighted by Crippen LogP contribution is -2.05. The van der Waals surface area contributed by atoms with Gasteiger partial charge in [0, 0.05) is 17.0 Å². The molecule has 0 saturated carbocycles. The summed E-state index contributed by atoms with van der Waals surface area (Å²) >= 11 is 0. The molecule has 0 bridgehead atoms. The number of fused-ring (bicyclic) bond motifs is 1. The van der Waals surface area contributed by atoms with Crippen LogP contribution in [0, 0.1) is 11.6 Å². The van der Waals surface area contributed by atoms with Crippen molar-refractivity contribution in [2.75, 3.05) is 14.2 Å². The van der Waals surface area contributed by atoms with E-state index in [-0.39, 0.29) is 11.3 Å². The summed E-state index contributed by atoms with van der Waals surface area (Å²) in [5.41, 5.74) is 2.61. The molecule has 3 aromatic carbocycles. The number of halogens is 2. The zero-order valence-corrected chi connectivity index (χ0v) is 15.4. The lowest BCUT2D eigenvalue weighted by molar-refractivity contribution is 0.395. The van der Waals surface area contributed by atoms with Gasteiger partial charge < -0.3 is 9.47 Å². The van der Waals surface area contributed by atoms with Crippen LogP contribution in [-0.2, 0) is 6.54 Å². The van der Waals surface area contributed by atoms with Crippen LogP contribution in [0.25, 0.3) is 22.2 Å². The second-order valence-corrected chi connectivity index (χ2v) is 6.33. The van der Waals surface area contributed by atoms with Gasteiger partial charge in [-0.2, -0.15) is 5.10 Å².